The van der Waals surface area contributed by atoms with Crippen LogP contribution in [0.3, 0.4) is 0 Å². The Hall–Kier alpha value is -0.890. The third-order valence-electron chi connectivity index (χ3n) is 2.94. The number of sulfone groups is 1. The summed E-state index contributed by atoms with van der Waals surface area (Å²) in [4.78, 5) is 8.28. The van der Waals surface area contributed by atoms with E-state index < -0.39 is 9.84 Å². The van der Waals surface area contributed by atoms with Gasteiger partial charge in [-0.25, -0.2) is 18.4 Å². The minimum Gasteiger partial charge on any atom is -0.369 e. The normalized spacial score (nSPS) is 21.9. The first-order valence-electron chi connectivity index (χ1n) is 6.23. The first-order chi connectivity index (χ1) is 9.02. The summed E-state index contributed by atoms with van der Waals surface area (Å²) in [6, 6.07) is -0.0839. The van der Waals surface area contributed by atoms with Crippen LogP contribution in [0.4, 0.5) is 11.6 Å². The maximum Gasteiger partial charge on any atom is 0.152 e. The van der Waals surface area contributed by atoms with Gasteiger partial charge in [-0.2, -0.15) is 0 Å². The van der Waals surface area contributed by atoms with Gasteiger partial charge >= 0.3 is 0 Å². The molecule has 2 rings (SSSR count). The van der Waals surface area contributed by atoms with Crippen LogP contribution in [0.1, 0.15) is 19.8 Å². The lowest BCUT2D eigenvalue weighted by Gasteiger charge is -2.24. The second kappa shape index (κ2) is 6.04. The first-order valence-corrected chi connectivity index (χ1v) is 8.84. The van der Waals surface area contributed by atoms with Gasteiger partial charge in [0.15, 0.2) is 9.84 Å². The molecule has 0 aromatic carbocycles. The summed E-state index contributed by atoms with van der Waals surface area (Å²) in [7, 11) is -2.92. The molecule has 2 N–H and O–H groups in total. The van der Waals surface area contributed by atoms with E-state index in [1.807, 2.05) is 6.92 Å². The Kier molecular flexibility index (Phi) is 4.62. The molecule has 1 aromatic heterocycles. The fourth-order valence-corrected chi connectivity index (χ4v) is 4.19. The molecule has 19 heavy (non-hydrogen) atoms. The van der Waals surface area contributed by atoms with E-state index in [9.17, 15) is 8.42 Å². The maximum atomic E-state index is 11.6. The number of rotatable bonds is 4. The molecule has 2 heterocycles. The van der Waals surface area contributed by atoms with Crippen molar-refractivity contribution in [2.24, 2.45) is 0 Å². The van der Waals surface area contributed by atoms with E-state index in [0.29, 0.717) is 23.8 Å². The minimum absolute atomic E-state index is 0.0839. The van der Waals surface area contributed by atoms with Gasteiger partial charge in [-0.3, -0.25) is 0 Å². The predicted molar refractivity (Wildman–Crippen MR) is 79.2 cm³/mol. The highest BCUT2D eigenvalue weighted by Gasteiger charge is 2.25. The molecule has 1 aromatic rings. The molecule has 1 fully saturated rings. The lowest BCUT2D eigenvalue weighted by molar-refractivity contribution is 0.561. The standard InChI is InChI=1S/C11H17BrN4O2S/c1-2-13-10-9(12)11(15-7-14-10)16-8-4-3-5-19(17,18)6-8/h7-8H,2-6H2,1H3,(H2,13,14,15,16). The van der Waals surface area contributed by atoms with Crippen molar-refractivity contribution in [2.75, 3.05) is 28.7 Å². The zero-order chi connectivity index (χ0) is 13.9. The topological polar surface area (TPSA) is 84.0 Å². The van der Waals surface area contributed by atoms with Gasteiger partial charge in [-0.15, -0.1) is 0 Å². The molecule has 1 aliphatic rings. The number of nitrogens with zero attached hydrogens (tertiary/aromatic N) is 2. The van der Waals surface area contributed by atoms with Crippen LogP contribution in [0.5, 0.6) is 0 Å². The van der Waals surface area contributed by atoms with Gasteiger partial charge in [0.05, 0.1) is 11.5 Å². The van der Waals surface area contributed by atoms with Crippen LogP contribution in [0.15, 0.2) is 10.8 Å². The van der Waals surface area contributed by atoms with E-state index in [4.69, 9.17) is 0 Å². The zero-order valence-electron chi connectivity index (χ0n) is 10.7. The number of aromatic nitrogens is 2. The highest BCUT2D eigenvalue weighted by molar-refractivity contribution is 9.10. The maximum absolute atomic E-state index is 11.6. The van der Waals surface area contributed by atoms with Crippen molar-refractivity contribution in [2.45, 2.75) is 25.8 Å². The van der Waals surface area contributed by atoms with Crippen molar-refractivity contribution >= 4 is 37.4 Å². The lowest BCUT2D eigenvalue weighted by atomic mass is 10.2. The Labute approximate surface area is 121 Å². The molecule has 0 aliphatic carbocycles. The molecule has 0 amide bonds. The molecule has 1 aliphatic heterocycles. The van der Waals surface area contributed by atoms with Crippen molar-refractivity contribution in [3.05, 3.63) is 10.8 Å². The average Bonchev–Trinajstić information content (AvgIpc) is 2.33. The summed E-state index contributed by atoms with van der Waals surface area (Å²) in [6.45, 7) is 2.74. The summed E-state index contributed by atoms with van der Waals surface area (Å²) in [5.41, 5.74) is 0. The fraction of sp³-hybridized carbons (Fsp3) is 0.636. The van der Waals surface area contributed by atoms with E-state index in [0.717, 1.165) is 17.4 Å². The second-order valence-corrected chi connectivity index (χ2v) is 7.53. The van der Waals surface area contributed by atoms with Crippen LogP contribution in [0.2, 0.25) is 0 Å². The Balaban J connectivity index is 2.13. The Morgan fingerprint density at radius 3 is 2.84 bits per heavy atom. The number of anilines is 2. The molecule has 1 unspecified atom stereocenters. The Morgan fingerprint density at radius 2 is 2.16 bits per heavy atom. The summed E-state index contributed by atoms with van der Waals surface area (Å²) < 4.78 is 24.0. The molecule has 1 saturated heterocycles. The molecule has 1 atom stereocenters. The summed E-state index contributed by atoms with van der Waals surface area (Å²) >= 11 is 3.44. The van der Waals surface area contributed by atoms with Crippen LogP contribution in [-0.4, -0.2) is 42.5 Å². The van der Waals surface area contributed by atoms with Gasteiger partial charge in [0.2, 0.25) is 0 Å². The molecule has 0 radical (unpaired) electrons. The highest BCUT2D eigenvalue weighted by Crippen LogP contribution is 2.28. The van der Waals surface area contributed by atoms with Crippen LogP contribution in [-0.2, 0) is 9.84 Å². The Bertz CT molecular complexity index is 550. The molecular weight excluding hydrogens is 332 g/mol. The second-order valence-electron chi connectivity index (χ2n) is 4.51. The molecule has 106 valence electrons. The zero-order valence-corrected chi connectivity index (χ0v) is 13.1. The number of nitrogens with one attached hydrogen (secondary N) is 2. The van der Waals surface area contributed by atoms with Crippen LogP contribution < -0.4 is 10.6 Å². The molecule has 0 spiro atoms. The van der Waals surface area contributed by atoms with E-state index >= 15 is 0 Å². The Morgan fingerprint density at radius 1 is 1.42 bits per heavy atom. The minimum atomic E-state index is -2.92. The van der Waals surface area contributed by atoms with E-state index in [-0.39, 0.29) is 11.8 Å². The third-order valence-corrected chi connectivity index (χ3v) is 5.51. The predicted octanol–water partition coefficient (Wildman–Crippen LogP) is 1.66. The quantitative estimate of drug-likeness (QED) is 0.860. The number of hydrogen-bond acceptors (Lipinski definition) is 6. The molecular formula is C11H17BrN4O2S. The number of halogens is 1. The third kappa shape index (κ3) is 3.79. The van der Waals surface area contributed by atoms with Gasteiger partial charge in [0.1, 0.15) is 22.4 Å². The van der Waals surface area contributed by atoms with E-state index in [1.54, 1.807) is 0 Å². The van der Waals surface area contributed by atoms with E-state index in [1.165, 1.54) is 6.33 Å². The highest BCUT2D eigenvalue weighted by atomic mass is 79.9. The van der Waals surface area contributed by atoms with Crippen LogP contribution in [0.25, 0.3) is 0 Å². The van der Waals surface area contributed by atoms with Crippen molar-refractivity contribution in [3.63, 3.8) is 0 Å². The van der Waals surface area contributed by atoms with Crippen molar-refractivity contribution in [3.8, 4) is 0 Å². The molecule has 8 heteroatoms. The largest absolute Gasteiger partial charge is 0.369 e. The summed E-state index contributed by atoms with van der Waals surface area (Å²) in [6.07, 6.45) is 3.00. The van der Waals surface area contributed by atoms with Crippen molar-refractivity contribution < 1.29 is 8.42 Å². The van der Waals surface area contributed by atoms with Gasteiger partial charge < -0.3 is 10.6 Å². The molecule has 0 bridgehead atoms. The number of hydrogen-bond donors (Lipinski definition) is 2. The molecule has 6 nitrogen and oxygen atoms in total. The average molecular weight is 349 g/mol. The molecule has 0 saturated carbocycles. The van der Waals surface area contributed by atoms with Crippen LogP contribution in [0, 0.1) is 0 Å². The van der Waals surface area contributed by atoms with Gasteiger partial charge in [-0.1, -0.05) is 0 Å². The monoisotopic (exact) mass is 348 g/mol. The van der Waals surface area contributed by atoms with Gasteiger partial charge in [0, 0.05) is 12.6 Å². The van der Waals surface area contributed by atoms with Gasteiger partial charge in [-0.05, 0) is 35.7 Å². The van der Waals surface area contributed by atoms with E-state index in [2.05, 4.69) is 36.5 Å². The fourth-order valence-electron chi connectivity index (χ4n) is 2.09. The first kappa shape index (κ1) is 14.5. The smallest absolute Gasteiger partial charge is 0.152 e. The SMILES string of the molecule is CCNc1ncnc(NC2CCCS(=O)(=O)C2)c1Br. The summed E-state index contributed by atoms with van der Waals surface area (Å²) in [5.74, 6) is 1.80. The van der Waals surface area contributed by atoms with Crippen molar-refractivity contribution in [1.82, 2.24) is 9.97 Å². The van der Waals surface area contributed by atoms with Crippen molar-refractivity contribution in [1.29, 1.82) is 0 Å². The summed E-state index contributed by atoms with van der Waals surface area (Å²) in [5, 5.41) is 6.30. The van der Waals surface area contributed by atoms with Crippen LogP contribution >= 0.6 is 15.9 Å². The van der Waals surface area contributed by atoms with Gasteiger partial charge in [0.25, 0.3) is 0 Å². The lowest BCUT2D eigenvalue weighted by Crippen LogP contribution is -2.35.